The maximum absolute atomic E-state index is 12.7. The first kappa shape index (κ1) is 17.9. The number of hydrogen-bond donors (Lipinski definition) is 1. The van der Waals surface area contributed by atoms with Gasteiger partial charge in [-0.1, -0.05) is 0 Å². The Balaban J connectivity index is 1.85. The number of nitrogens with zero attached hydrogens (tertiary/aromatic N) is 3. The molecule has 0 spiro atoms. The maximum atomic E-state index is 12.7. The van der Waals surface area contributed by atoms with Gasteiger partial charge in [-0.05, 0) is 25.1 Å². The molecule has 0 aliphatic carbocycles. The SMILES string of the molecule is COc1ccc(OC)c(NC(=O)c2cc(C)nc(N3CCOCC3)n2)c1. The summed E-state index contributed by atoms with van der Waals surface area (Å²) in [5, 5.41) is 2.83. The average molecular weight is 358 g/mol. The van der Waals surface area contributed by atoms with Crippen LogP contribution in [0, 0.1) is 6.92 Å². The van der Waals surface area contributed by atoms with Gasteiger partial charge < -0.3 is 24.4 Å². The van der Waals surface area contributed by atoms with Crippen molar-refractivity contribution in [2.24, 2.45) is 0 Å². The summed E-state index contributed by atoms with van der Waals surface area (Å²) >= 11 is 0. The van der Waals surface area contributed by atoms with Gasteiger partial charge in [-0.3, -0.25) is 4.79 Å². The minimum atomic E-state index is -0.337. The van der Waals surface area contributed by atoms with Crippen LogP contribution in [-0.2, 0) is 4.74 Å². The molecule has 0 saturated carbocycles. The van der Waals surface area contributed by atoms with E-state index in [1.807, 2.05) is 11.8 Å². The minimum absolute atomic E-state index is 0.295. The van der Waals surface area contributed by atoms with Crippen LogP contribution in [-0.4, -0.2) is 56.4 Å². The summed E-state index contributed by atoms with van der Waals surface area (Å²) in [5.74, 6) is 1.36. The van der Waals surface area contributed by atoms with E-state index in [1.165, 1.54) is 0 Å². The first-order valence-electron chi connectivity index (χ1n) is 8.32. The van der Waals surface area contributed by atoms with E-state index >= 15 is 0 Å². The molecule has 0 unspecified atom stereocenters. The highest BCUT2D eigenvalue weighted by molar-refractivity contribution is 6.04. The van der Waals surface area contributed by atoms with Crippen molar-refractivity contribution < 1.29 is 19.0 Å². The van der Waals surface area contributed by atoms with Gasteiger partial charge in [-0.25, -0.2) is 9.97 Å². The van der Waals surface area contributed by atoms with Gasteiger partial charge in [0.1, 0.15) is 17.2 Å². The van der Waals surface area contributed by atoms with Crippen molar-refractivity contribution in [1.29, 1.82) is 0 Å². The molecule has 8 nitrogen and oxygen atoms in total. The summed E-state index contributed by atoms with van der Waals surface area (Å²) in [7, 11) is 3.11. The lowest BCUT2D eigenvalue weighted by Crippen LogP contribution is -2.37. The van der Waals surface area contributed by atoms with Gasteiger partial charge in [0.25, 0.3) is 5.91 Å². The number of carbonyl (C=O) groups is 1. The number of hydrogen-bond acceptors (Lipinski definition) is 7. The van der Waals surface area contributed by atoms with E-state index in [0.717, 1.165) is 5.69 Å². The Morgan fingerprint density at radius 3 is 2.62 bits per heavy atom. The first-order chi connectivity index (χ1) is 12.6. The van der Waals surface area contributed by atoms with Gasteiger partial charge in [0.15, 0.2) is 0 Å². The fourth-order valence-electron chi connectivity index (χ4n) is 2.67. The largest absolute Gasteiger partial charge is 0.497 e. The van der Waals surface area contributed by atoms with Crippen LogP contribution >= 0.6 is 0 Å². The van der Waals surface area contributed by atoms with Gasteiger partial charge >= 0.3 is 0 Å². The fourth-order valence-corrected chi connectivity index (χ4v) is 2.67. The van der Waals surface area contributed by atoms with E-state index in [0.29, 0.717) is 55.1 Å². The third-order valence-corrected chi connectivity index (χ3v) is 4.02. The van der Waals surface area contributed by atoms with Crippen LogP contribution in [0.1, 0.15) is 16.2 Å². The Morgan fingerprint density at radius 1 is 1.15 bits per heavy atom. The number of carbonyl (C=O) groups excluding carboxylic acids is 1. The molecular weight excluding hydrogens is 336 g/mol. The number of benzene rings is 1. The van der Waals surface area contributed by atoms with E-state index in [1.54, 1.807) is 38.5 Å². The zero-order valence-corrected chi connectivity index (χ0v) is 15.1. The van der Waals surface area contributed by atoms with Crippen molar-refractivity contribution in [2.75, 3.05) is 50.7 Å². The van der Waals surface area contributed by atoms with E-state index in [2.05, 4.69) is 15.3 Å². The van der Waals surface area contributed by atoms with Crippen LogP contribution in [0.15, 0.2) is 24.3 Å². The van der Waals surface area contributed by atoms with E-state index in [-0.39, 0.29) is 5.91 Å². The highest BCUT2D eigenvalue weighted by Gasteiger charge is 2.18. The zero-order chi connectivity index (χ0) is 18.5. The lowest BCUT2D eigenvalue weighted by molar-refractivity contribution is 0.102. The monoisotopic (exact) mass is 358 g/mol. The number of nitrogens with one attached hydrogen (secondary N) is 1. The standard InChI is InChI=1S/C18H22N4O4/c1-12-10-15(21-18(19-12)22-6-8-26-9-7-22)17(23)20-14-11-13(24-2)4-5-16(14)25-3/h4-5,10-11H,6-9H2,1-3H3,(H,20,23). The van der Waals surface area contributed by atoms with Gasteiger partial charge in [0.05, 0.1) is 33.1 Å². The summed E-state index contributed by atoms with van der Waals surface area (Å²) in [6.07, 6.45) is 0. The third kappa shape index (κ3) is 4.02. The molecule has 1 amide bonds. The quantitative estimate of drug-likeness (QED) is 0.873. The number of aryl methyl sites for hydroxylation is 1. The van der Waals surface area contributed by atoms with Crippen molar-refractivity contribution >= 4 is 17.5 Å². The molecule has 0 atom stereocenters. The van der Waals surface area contributed by atoms with Crippen LogP contribution in [0.5, 0.6) is 11.5 Å². The molecule has 3 rings (SSSR count). The molecule has 1 saturated heterocycles. The van der Waals surface area contributed by atoms with Crippen molar-refractivity contribution in [3.8, 4) is 11.5 Å². The normalized spacial score (nSPS) is 14.0. The number of aromatic nitrogens is 2. The first-order valence-corrected chi connectivity index (χ1v) is 8.32. The van der Waals surface area contributed by atoms with E-state index in [4.69, 9.17) is 14.2 Å². The summed E-state index contributed by atoms with van der Waals surface area (Å²) in [4.78, 5) is 23.6. The molecule has 0 radical (unpaired) electrons. The number of anilines is 2. The Labute approximate surface area is 152 Å². The van der Waals surface area contributed by atoms with E-state index < -0.39 is 0 Å². The molecule has 1 N–H and O–H groups in total. The number of morpholine rings is 1. The highest BCUT2D eigenvalue weighted by atomic mass is 16.5. The lowest BCUT2D eigenvalue weighted by Gasteiger charge is -2.27. The Bertz CT molecular complexity index is 791. The summed E-state index contributed by atoms with van der Waals surface area (Å²) in [6, 6.07) is 6.86. The topological polar surface area (TPSA) is 85.8 Å². The van der Waals surface area contributed by atoms with Gasteiger partial charge in [0.2, 0.25) is 5.95 Å². The number of amides is 1. The second-order valence-electron chi connectivity index (χ2n) is 5.81. The molecular formula is C18H22N4O4. The lowest BCUT2D eigenvalue weighted by atomic mass is 10.2. The van der Waals surface area contributed by atoms with E-state index in [9.17, 15) is 4.79 Å². The fraction of sp³-hybridized carbons (Fsp3) is 0.389. The van der Waals surface area contributed by atoms with Gasteiger partial charge in [0, 0.05) is 24.8 Å². The smallest absolute Gasteiger partial charge is 0.274 e. The van der Waals surface area contributed by atoms with Crippen LogP contribution in [0.4, 0.5) is 11.6 Å². The number of rotatable bonds is 5. The van der Waals surface area contributed by atoms with Crippen molar-refractivity contribution in [3.05, 3.63) is 35.7 Å². The van der Waals surface area contributed by atoms with Crippen molar-refractivity contribution in [3.63, 3.8) is 0 Å². The third-order valence-electron chi connectivity index (χ3n) is 4.02. The second kappa shape index (κ2) is 8.01. The Morgan fingerprint density at radius 2 is 1.92 bits per heavy atom. The summed E-state index contributed by atoms with van der Waals surface area (Å²) in [5.41, 5.74) is 1.54. The van der Waals surface area contributed by atoms with Gasteiger partial charge in [-0.15, -0.1) is 0 Å². The molecule has 26 heavy (non-hydrogen) atoms. The average Bonchev–Trinajstić information content (AvgIpc) is 2.68. The number of methoxy groups -OCH3 is 2. The Kier molecular flexibility index (Phi) is 5.52. The predicted molar refractivity (Wildman–Crippen MR) is 97.3 cm³/mol. The number of ether oxygens (including phenoxy) is 3. The molecule has 2 heterocycles. The van der Waals surface area contributed by atoms with Crippen LogP contribution < -0.4 is 19.7 Å². The molecule has 2 aromatic rings. The Hall–Kier alpha value is -2.87. The maximum Gasteiger partial charge on any atom is 0.274 e. The van der Waals surface area contributed by atoms with Crippen LogP contribution in [0.3, 0.4) is 0 Å². The second-order valence-corrected chi connectivity index (χ2v) is 5.81. The molecule has 0 bridgehead atoms. The molecule has 138 valence electrons. The minimum Gasteiger partial charge on any atom is -0.497 e. The predicted octanol–water partition coefficient (Wildman–Crippen LogP) is 1.89. The molecule has 8 heteroatoms. The van der Waals surface area contributed by atoms with Crippen LogP contribution in [0.25, 0.3) is 0 Å². The molecule has 1 aromatic carbocycles. The molecule has 1 aliphatic heterocycles. The summed E-state index contributed by atoms with van der Waals surface area (Å²) in [6.45, 7) is 4.50. The highest BCUT2D eigenvalue weighted by Crippen LogP contribution is 2.29. The van der Waals surface area contributed by atoms with Crippen LogP contribution in [0.2, 0.25) is 0 Å². The van der Waals surface area contributed by atoms with Crippen molar-refractivity contribution in [1.82, 2.24) is 9.97 Å². The summed E-state index contributed by atoms with van der Waals surface area (Å²) < 4.78 is 15.9. The molecule has 1 fully saturated rings. The molecule has 1 aromatic heterocycles. The zero-order valence-electron chi connectivity index (χ0n) is 15.1. The van der Waals surface area contributed by atoms with Crippen molar-refractivity contribution in [2.45, 2.75) is 6.92 Å². The molecule has 1 aliphatic rings. The van der Waals surface area contributed by atoms with Gasteiger partial charge in [-0.2, -0.15) is 0 Å².